The van der Waals surface area contributed by atoms with Crippen LogP contribution in [0.5, 0.6) is 0 Å². The van der Waals surface area contributed by atoms with Gasteiger partial charge in [-0.05, 0) is 49.2 Å². The van der Waals surface area contributed by atoms with Crippen molar-refractivity contribution in [3.8, 4) is 0 Å². The summed E-state index contributed by atoms with van der Waals surface area (Å²) in [7, 11) is -3.83. The third-order valence-electron chi connectivity index (χ3n) is 8.06. The standard InChI is InChI=1S/C30H34Cl2N4O4S/c1-41(38,39)36(21-30(13-15-33-16-14-30)24-9-5-6-10-28(24)36)35-29(37)27(34-18-22-7-3-2-4-8-22)20-40-19-23-11-12-25(31)26(32)17-23/h2-12,17,27,33-34H,13-16,18-21H2,1H3/p+1. The lowest BCUT2D eigenvalue weighted by Gasteiger charge is -2.36. The van der Waals surface area contributed by atoms with Gasteiger partial charge < -0.3 is 10.1 Å². The van der Waals surface area contributed by atoms with Crippen LogP contribution >= 0.6 is 23.2 Å². The van der Waals surface area contributed by atoms with Crippen LogP contribution in [0.1, 0.15) is 29.5 Å². The molecule has 5 rings (SSSR count). The molecule has 1 spiro atoms. The Balaban J connectivity index is 1.41. The number of halogens is 2. The molecule has 0 aromatic heterocycles. The minimum atomic E-state index is -3.83. The maximum Gasteiger partial charge on any atom is 0.321 e. The molecule has 8 nitrogen and oxygen atoms in total. The second kappa shape index (κ2) is 12.4. The fourth-order valence-electron chi connectivity index (χ4n) is 5.89. The number of para-hydroxylation sites is 1. The Morgan fingerprint density at radius 3 is 2.41 bits per heavy atom. The summed E-state index contributed by atoms with van der Waals surface area (Å²) in [6.45, 7) is 2.44. The van der Waals surface area contributed by atoms with E-state index in [-0.39, 0.29) is 25.2 Å². The predicted molar refractivity (Wildman–Crippen MR) is 163 cm³/mol. The zero-order valence-electron chi connectivity index (χ0n) is 22.9. The number of piperidine rings is 1. The van der Waals surface area contributed by atoms with Crippen LogP contribution in [0.25, 0.3) is 0 Å². The molecular weight excluding hydrogens is 583 g/mol. The molecule has 3 N–H and O–H groups in total. The molecule has 3 aromatic carbocycles. The molecule has 0 saturated carbocycles. The number of carbonyl (C=O) groups is 1. The molecule has 2 atom stereocenters. The number of hydrogen-bond donors (Lipinski definition) is 3. The predicted octanol–water partition coefficient (Wildman–Crippen LogP) is 4.30. The van der Waals surface area contributed by atoms with E-state index in [1.54, 1.807) is 12.1 Å². The minimum Gasteiger partial charge on any atom is -0.375 e. The molecule has 1 fully saturated rings. The topological polar surface area (TPSA) is 96.5 Å². The van der Waals surface area contributed by atoms with Crippen molar-refractivity contribution in [3.05, 3.63) is 99.5 Å². The van der Waals surface area contributed by atoms with E-state index in [0.717, 1.165) is 42.6 Å². The van der Waals surface area contributed by atoms with Gasteiger partial charge in [0.2, 0.25) is 0 Å². The van der Waals surface area contributed by atoms with Gasteiger partial charge in [0.25, 0.3) is 5.91 Å². The van der Waals surface area contributed by atoms with Gasteiger partial charge in [0.15, 0.2) is 5.69 Å². The molecule has 0 bridgehead atoms. The van der Waals surface area contributed by atoms with Gasteiger partial charge in [-0.1, -0.05) is 81.8 Å². The highest BCUT2D eigenvalue weighted by molar-refractivity contribution is 7.90. The largest absolute Gasteiger partial charge is 0.375 e. The van der Waals surface area contributed by atoms with E-state index in [2.05, 4.69) is 16.1 Å². The van der Waals surface area contributed by atoms with E-state index < -0.39 is 26.0 Å². The van der Waals surface area contributed by atoms with Crippen LogP contribution in [0.3, 0.4) is 0 Å². The summed E-state index contributed by atoms with van der Waals surface area (Å²) in [6.07, 6.45) is 2.77. The van der Waals surface area contributed by atoms with Gasteiger partial charge in [0, 0.05) is 18.2 Å². The Kier molecular flexibility index (Phi) is 9.06. The van der Waals surface area contributed by atoms with E-state index >= 15 is 0 Å². The number of fused-ring (bicyclic) bond motifs is 2. The van der Waals surface area contributed by atoms with Gasteiger partial charge in [-0.2, -0.15) is 13.8 Å². The van der Waals surface area contributed by atoms with E-state index in [0.29, 0.717) is 22.3 Å². The maximum atomic E-state index is 14.0. The van der Waals surface area contributed by atoms with Crippen LogP contribution in [-0.2, 0) is 38.1 Å². The Morgan fingerprint density at radius 1 is 1.00 bits per heavy atom. The summed E-state index contributed by atoms with van der Waals surface area (Å²) in [5.41, 5.74) is 6.00. The number of carbonyl (C=O) groups excluding carboxylic acids is 1. The first-order chi connectivity index (χ1) is 19.6. The Morgan fingerprint density at radius 2 is 1.71 bits per heavy atom. The summed E-state index contributed by atoms with van der Waals surface area (Å²) in [5.74, 6) is -0.457. The second-order valence-electron chi connectivity index (χ2n) is 10.8. The Hall–Kier alpha value is -2.50. The first-order valence-electron chi connectivity index (χ1n) is 13.6. The molecule has 1 amide bonds. The molecule has 41 heavy (non-hydrogen) atoms. The number of ether oxygens (including phenoxy) is 1. The van der Waals surface area contributed by atoms with Gasteiger partial charge in [-0.25, -0.2) is 0 Å². The van der Waals surface area contributed by atoms with Crippen molar-refractivity contribution in [3.63, 3.8) is 0 Å². The highest BCUT2D eigenvalue weighted by Crippen LogP contribution is 2.50. The molecule has 11 heteroatoms. The van der Waals surface area contributed by atoms with Crippen molar-refractivity contribution in [1.29, 1.82) is 0 Å². The summed E-state index contributed by atoms with van der Waals surface area (Å²) < 4.78 is 32.5. The Labute approximate surface area is 251 Å². The van der Waals surface area contributed by atoms with E-state index in [4.69, 9.17) is 27.9 Å². The molecule has 1 saturated heterocycles. The van der Waals surface area contributed by atoms with Crippen molar-refractivity contribution in [2.45, 2.75) is 37.5 Å². The van der Waals surface area contributed by atoms with Crippen molar-refractivity contribution in [2.24, 2.45) is 0 Å². The van der Waals surface area contributed by atoms with Gasteiger partial charge in [0.1, 0.15) is 12.6 Å². The maximum absolute atomic E-state index is 14.0. The minimum absolute atomic E-state index is 0.0133. The van der Waals surface area contributed by atoms with Crippen molar-refractivity contribution < 1.29 is 17.9 Å². The molecule has 0 radical (unpaired) electrons. The number of rotatable bonds is 10. The molecular formula is C30H35Cl2N4O4S+. The number of nitrogens with one attached hydrogen (secondary N) is 3. The second-order valence-corrected chi connectivity index (χ2v) is 13.7. The lowest BCUT2D eigenvalue weighted by molar-refractivity contribution is -0.127. The molecule has 2 aliphatic rings. The van der Waals surface area contributed by atoms with Crippen molar-refractivity contribution in [1.82, 2.24) is 20.1 Å². The van der Waals surface area contributed by atoms with Crippen LogP contribution in [0.15, 0.2) is 72.8 Å². The third-order valence-corrected chi connectivity index (χ3v) is 10.3. The highest BCUT2D eigenvalue weighted by atomic mass is 35.5. The summed E-state index contributed by atoms with van der Waals surface area (Å²) in [6, 6.07) is 21.7. The first-order valence-corrected chi connectivity index (χ1v) is 16.2. The zero-order valence-corrected chi connectivity index (χ0v) is 25.2. The lowest BCUT2D eigenvalue weighted by Crippen LogP contribution is -2.68. The van der Waals surface area contributed by atoms with Crippen LogP contribution in [0.4, 0.5) is 5.69 Å². The average Bonchev–Trinajstić information content (AvgIpc) is 3.23. The smallest absolute Gasteiger partial charge is 0.321 e. The van der Waals surface area contributed by atoms with E-state index in [1.165, 1.54) is 6.26 Å². The Bertz CT molecular complexity index is 1500. The van der Waals surface area contributed by atoms with E-state index in [1.807, 2.05) is 60.7 Å². The summed E-state index contributed by atoms with van der Waals surface area (Å²) in [4.78, 5) is 14.0. The fraction of sp³-hybridized carbons (Fsp3) is 0.367. The fourth-order valence-corrected chi connectivity index (χ4v) is 7.46. The number of benzene rings is 3. The summed E-state index contributed by atoms with van der Waals surface area (Å²) >= 11 is 12.2. The summed E-state index contributed by atoms with van der Waals surface area (Å²) in [5, 5.41) is 7.53. The van der Waals surface area contributed by atoms with Crippen LogP contribution in [0, 0.1) is 0 Å². The molecule has 218 valence electrons. The molecule has 2 unspecified atom stereocenters. The lowest BCUT2D eigenvalue weighted by atomic mass is 9.75. The molecule has 0 aliphatic carbocycles. The van der Waals surface area contributed by atoms with E-state index in [9.17, 15) is 13.2 Å². The number of hydrogen-bond acceptors (Lipinski definition) is 6. The number of amides is 1. The number of nitrogens with zero attached hydrogens (tertiary/aromatic N) is 1. The average molecular weight is 619 g/mol. The normalized spacial score (nSPS) is 20.5. The molecule has 2 heterocycles. The van der Waals surface area contributed by atoms with Crippen molar-refractivity contribution >= 4 is 44.8 Å². The highest BCUT2D eigenvalue weighted by Gasteiger charge is 2.60. The number of sulfonamides is 1. The van der Waals surface area contributed by atoms with Crippen molar-refractivity contribution in [2.75, 3.05) is 32.5 Å². The quantitative estimate of drug-likeness (QED) is 0.294. The SMILES string of the molecule is CS(=O)(=O)[N+]1(NC(=O)C(COCc2ccc(Cl)c(Cl)c2)NCc2ccccc2)CC2(CCNCC2)c2ccccc21. The first kappa shape index (κ1) is 30.0. The van der Waals surface area contributed by atoms with Gasteiger partial charge in [-0.3, -0.25) is 10.1 Å². The number of quaternary nitrogens is 1. The zero-order chi connectivity index (χ0) is 29.1. The third kappa shape index (κ3) is 6.32. The van der Waals surface area contributed by atoms with Crippen LogP contribution in [0.2, 0.25) is 10.0 Å². The monoisotopic (exact) mass is 617 g/mol. The van der Waals surface area contributed by atoms with Gasteiger partial charge >= 0.3 is 10.0 Å². The van der Waals surface area contributed by atoms with Crippen LogP contribution in [-0.4, -0.2) is 52.9 Å². The molecule has 2 aliphatic heterocycles. The van der Waals surface area contributed by atoms with Gasteiger partial charge in [0.05, 0.1) is 34.9 Å². The molecule has 3 aromatic rings. The van der Waals surface area contributed by atoms with Gasteiger partial charge in [-0.15, -0.1) is 0 Å². The van der Waals surface area contributed by atoms with Crippen LogP contribution < -0.4 is 20.1 Å².